The Morgan fingerprint density at radius 1 is 1.26 bits per heavy atom. The number of urea groups is 1. The standard InChI is InChI=1S/C28H37ClN2O3/c1-5-18-8-11-28(20-7-6-19(22(29)13-20)9-10-25(2,3)4)21(12-18)14-31(24(34)30-28)27-15-26(16-27,17-27)23(32)33/h6-7,13-14,18H,5,8-12,15-17H2,1-4H3,(H,30,34)(H,32,33)/t18?,26?,27?,28-/m1/s1. The lowest BCUT2D eigenvalue weighted by Gasteiger charge is -2.71. The molecule has 4 aliphatic carbocycles. The van der Waals surface area contributed by atoms with Gasteiger partial charge < -0.3 is 10.4 Å². The number of hydrogen-bond acceptors (Lipinski definition) is 2. The van der Waals surface area contributed by atoms with Crippen molar-refractivity contribution in [1.29, 1.82) is 0 Å². The number of amides is 2. The van der Waals surface area contributed by atoms with E-state index in [1.165, 1.54) is 5.57 Å². The monoisotopic (exact) mass is 484 g/mol. The van der Waals surface area contributed by atoms with Gasteiger partial charge in [-0.15, -0.1) is 0 Å². The minimum absolute atomic E-state index is 0.106. The number of halogens is 1. The Labute approximate surface area is 207 Å². The van der Waals surface area contributed by atoms with Gasteiger partial charge in [0.15, 0.2) is 0 Å². The zero-order valence-electron chi connectivity index (χ0n) is 20.8. The van der Waals surface area contributed by atoms with E-state index in [0.717, 1.165) is 54.7 Å². The van der Waals surface area contributed by atoms with Crippen molar-refractivity contribution in [3.63, 3.8) is 0 Å². The van der Waals surface area contributed by atoms with E-state index in [4.69, 9.17) is 11.6 Å². The summed E-state index contributed by atoms with van der Waals surface area (Å²) < 4.78 is 0. The van der Waals surface area contributed by atoms with Crippen molar-refractivity contribution in [2.45, 2.75) is 96.6 Å². The van der Waals surface area contributed by atoms with E-state index in [0.29, 0.717) is 25.2 Å². The molecule has 4 saturated carbocycles. The van der Waals surface area contributed by atoms with Crippen LogP contribution in [0.25, 0.3) is 0 Å². The third kappa shape index (κ3) is 3.57. The summed E-state index contributed by atoms with van der Waals surface area (Å²) in [6.45, 7) is 8.96. The Kier molecular flexibility index (Phi) is 5.40. The summed E-state index contributed by atoms with van der Waals surface area (Å²) >= 11 is 6.78. The zero-order chi connectivity index (χ0) is 24.5. The van der Waals surface area contributed by atoms with Crippen LogP contribution in [0.5, 0.6) is 0 Å². The van der Waals surface area contributed by atoms with Gasteiger partial charge in [0, 0.05) is 11.2 Å². The Hall–Kier alpha value is -2.01. The van der Waals surface area contributed by atoms with E-state index in [1.54, 1.807) is 0 Å². The van der Waals surface area contributed by atoms with Crippen LogP contribution in [-0.4, -0.2) is 27.5 Å². The fourth-order valence-corrected chi connectivity index (χ4v) is 7.05. The van der Waals surface area contributed by atoms with Crippen molar-refractivity contribution in [3.05, 3.63) is 46.1 Å². The van der Waals surface area contributed by atoms with Gasteiger partial charge in [0.1, 0.15) is 0 Å². The summed E-state index contributed by atoms with van der Waals surface area (Å²) in [6, 6.07) is 6.25. The van der Waals surface area contributed by atoms with Gasteiger partial charge in [0.2, 0.25) is 0 Å². The van der Waals surface area contributed by atoms with Crippen LogP contribution in [-0.2, 0) is 16.8 Å². The molecule has 1 heterocycles. The van der Waals surface area contributed by atoms with Gasteiger partial charge in [-0.2, -0.15) is 0 Å². The second-order valence-corrected chi connectivity index (χ2v) is 13.0. The molecule has 1 aromatic carbocycles. The number of carbonyl (C=O) groups is 2. The van der Waals surface area contributed by atoms with E-state index in [-0.39, 0.29) is 17.0 Å². The van der Waals surface area contributed by atoms with Crippen LogP contribution in [0.3, 0.4) is 0 Å². The average Bonchev–Trinajstić information content (AvgIpc) is 2.70. The van der Waals surface area contributed by atoms with E-state index >= 15 is 0 Å². The number of hydrogen-bond donors (Lipinski definition) is 2. The van der Waals surface area contributed by atoms with Crippen molar-refractivity contribution in [3.8, 4) is 0 Å². The van der Waals surface area contributed by atoms with Gasteiger partial charge in [-0.05, 0) is 85.5 Å². The summed E-state index contributed by atoms with van der Waals surface area (Å²) in [6.07, 6.45) is 9.73. The maximum Gasteiger partial charge on any atom is 0.322 e. The Bertz CT molecular complexity index is 1050. The SMILES string of the molecule is CCC1CC[C@]2(c3ccc(CCC(C)(C)C)c(Cl)c3)NC(=O)N(C34CC(C(=O)O)(C3)C4)C=C2C1. The summed E-state index contributed by atoms with van der Waals surface area (Å²) in [5.74, 6) is -0.130. The molecule has 6 rings (SSSR count). The van der Waals surface area contributed by atoms with Crippen LogP contribution in [0.15, 0.2) is 30.0 Å². The second-order valence-electron chi connectivity index (χ2n) is 12.6. The van der Waals surface area contributed by atoms with E-state index in [2.05, 4.69) is 57.4 Å². The van der Waals surface area contributed by atoms with Gasteiger partial charge in [-0.1, -0.05) is 57.8 Å². The van der Waals surface area contributed by atoms with Crippen LogP contribution in [0.2, 0.25) is 5.02 Å². The van der Waals surface area contributed by atoms with Gasteiger partial charge in [-0.3, -0.25) is 9.69 Å². The van der Waals surface area contributed by atoms with Gasteiger partial charge in [0.25, 0.3) is 0 Å². The highest BCUT2D eigenvalue weighted by atomic mass is 35.5. The van der Waals surface area contributed by atoms with Crippen LogP contribution < -0.4 is 5.32 Å². The molecule has 0 saturated heterocycles. The summed E-state index contributed by atoms with van der Waals surface area (Å²) in [7, 11) is 0. The molecule has 5 aliphatic rings. The highest BCUT2D eigenvalue weighted by molar-refractivity contribution is 6.31. The van der Waals surface area contributed by atoms with E-state index in [9.17, 15) is 14.7 Å². The van der Waals surface area contributed by atoms with Gasteiger partial charge in [0.05, 0.1) is 16.5 Å². The number of rotatable bonds is 6. The third-order valence-electron chi connectivity index (χ3n) is 9.04. The molecule has 0 radical (unpaired) electrons. The summed E-state index contributed by atoms with van der Waals surface area (Å²) in [4.78, 5) is 26.9. The molecule has 2 bridgehead atoms. The first kappa shape index (κ1) is 23.7. The Morgan fingerprint density at radius 3 is 2.56 bits per heavy atom. The third-order valence-corrected chi connectivity index (χ3v) is 9.39. The molecule has 1 aliphatic heterocycles. The number of benzene rings is 1. The number of nitrogens with zero attached hydrogens (tertiary/aromatic N) is 1. The maximum absolute atomic E-state index is 13.5. The molecule has 0 spiro atoms. The Balaban J connectivity index is 1.46. The van der Waals surface area contributed by atoms with Crippen molar-refractivity contribution in [2.24, 2.45) is 16.7 Å². The molecule has 1 unspecified atom stereocenters. The molecule has 2 N–H and O–H groups in total. The van der Waals surface area contributed by atoms with Crippen molar-refractivity contribution in [1.82, 2.24) is 10.2 Å². The van der Waals surface area contributed by atoms with E-state index < -0.39 is 16.9 Å². The highest BCUT2D eigenvalue weighted by Gasteiger charge is 2.75. The number of carbonyl (C=O) groups excluding carboxylic acids is 1. The van der Waals surface area contributed by atoms with Crippen LogP contribution >= 0.6 is 11.6 Å². The normalized spacial score (nSPS) is 34.4. The number of carboxylic acids is 1. The maximum atomic E-state index is 13.5. The number of aryl methyl sites for hydroxylation is 1. The number of aliphatic carboxylic acids is 1. The Morgan fingerprint density at radius 2 is 1.97 bits per heavy atom. The van der Waals surface area contributed by atoms with Crippen LogP contribution in [0.4, 0.5) is 4.79 Å². The fraction of sp³-hybridized carbons (Fsp3) is 0.643. The predicted octanol–water partition coefficient (Wildman–Crippen LogP) is 6.64. The summed E-state index contributed by atoms with van der Waals surface area (Å²) in [5.41, 5.74) is 2.23. The lowest BCUT2D eigenvalue weighted by Crippen LogP contribution is -2.78. The average molecular weight is 485 g/mol. The van der Waals surface area contributed by atoms with Gasteiger partial charge >= 0.3 is 12.0 Å². The van der Waals surface area contributed by atoms with Crippen LogP contribution in [0.1, 0.15) is 90.2 Å². The highest BCUT2D eigenvalue weighted by Crippen LogP contribution is 2.70. The molecule has 4 fully saturated rings. The molecule has 0 aromatic heterocycles. The molecule has 5 nitrogen and oxygen atoms in total. The lowest BCUT2D eigenvalue weighted by atomic mass is 9.38. The fourth-order valence-electron chi connectivity index (χ4n) is 6.78. The molecular formula is C28H37ClN2O3. The molecule has 34 heavy (non-hydrogen) atoms. The first-order valence-electron chi connectivity index (χ1n) is 12.8. The van der Waals surface area contributed by atoms with Gasteiger partial charge in [-0.25, -0.2) is 4.79 Å². The second kappa shape index (κ2) is 7.74. The molecule has 184 valence electrons. The minimum Gasteiger partial charge on any atom is -0.481 e. The number of fused-ring (bicyclic) bond motifs is 1. The smallest absolute Gasteiger partial charge is 0.322 e. The van der Waals surface area contributed by atoms with Crippen molar-refractivity contribution < 1.29 is 14.7 Å². The molecular weight excluding hydrogens is 448 g/mol. The molecule has 6 heteroatoms. The number of carboxylic acid groups (broad SMARTS) is 1. The topological polar surface area (TPSA) is 69.6 Å². The lowest BCUT2D eigenvalue weighted by molar-refractivity contribution is -0.215. The van der Waals surface area contributed by atoms with Crippen LogP contribution in [0, 0.1) is 16.7 Å². The summed E-state index contributed by atoms with van der Waals surface area (Å²) in [5, 5.41) is 13.7. The van der Waals surface area contributed by atoms with E-state index in [1.807, 2.05) is 4.90 Å². The van der Waals surface area contributed by atoms with Crippen molar-refractivity contribution >= 4 is 23.6 Å². The first-order valence-corrected chi connectivity index (χ1v) is 13.1. The zero-order valence-corrected chi connectivity index (χ0v) is 21.6. The molecule has 2 atom stereocenters. The minimum atomic E-state index is -0.723. The predicted molar refractivity (Wildman–Crippen MR) is 134 cm³/mol. The quantitative estimate of drug-likeness (QED) is 0.475. The number of nitrogens with one attached hydrogen (secondary N) is 1. The molecule has 1 aromatic rings. The van der Waals surface area contributed by atoms with Crippen molar-refractivity contribution in [2.75, 3.05) is 0 Å². The molecule has 2 amide bonds. The largest absolute Gasteiger partial charge is 0.481 e. The first-order chi connectivity index (χ1) is 15.9.